The van der Waals surface area contributed by atoms with E-state index in [9.17, 15) is 10.1 Å². The van der Waals surface area contributed by atoms with Gasteiger partial charge in [-0.3, -0.25) is 10.1 Å². The smallest absolute Gasteiger partial charge is 0.269 e. The van der Waals surface area contributed by atoms with Crippen molar-refractivity contribution in [1.29, 1.82) is 0 Å². The zero-order valence-electron chi connectivity index (χ0n) is 14.1. The van der Waals surface area contributed by atoms with Gasteiger partial charge < -0.3 is 5.32 Å². The Hall–Kier alpha value is -3.44. The van der Waals surface area contributed by atoms with Crippen LogP contribution in [0.15, 0.2) is 78.9 Å². The minimum Gasteiger partial charge on any atom is -0.340 e. The van der Waals surface area contributed by atoms with Gasteiger partial charge in [0.1, 0.15) is 5.82 Å². The fourth-order valence-electron chi connectivity index (χ4n) is 2.94. The predicted octanol–water partition coefficient (Wildman–Crippen LogP) is 6.21. The molecule has 1 aromatic heterocycles. The zero-order chi connectivity index (χ0) is 18.8. The van der Waals surface area contributed by atoms with Crippen molar-refractivity contribution in [3.05, 3.63) is 94.0 Å². The van der Waals surface area contributed by atoms with Crippen molar-refractivity contribution in [3.63, 3.8) is 0 Å². The van der Waals surface area contributed by atoms with Crippen LogP contribution in [0.2, 0.25) is 5.02 Å². The van der Waals surface area contributed by atoms with Crippen molar-refractivity contribution in [2.45, 2.75) is 0 Å². The Morgan fingerprint density at radius 2 is 1.67 bits per heavy atom. The van der Waals surface area contributed by atoms with Crippen LogP contribution >= 0.6 is 11.6 Å². The van der Waals surface area contributed by atoms with Crippen LogP contribution in [0.25, 0.3) is 22.0 Å². The van der Waals surface area contributed by atoms with Crippen LogP contribution in [0, 0.1) is 10.1 Å². The van der Waals surface area contributed by atoms with E-state index in [0.29, 0.717) is 16.5 Å². The van der Waals surface area contributed by atoms with Gasteiger partial charge in [-0.15, -0.1) is 0 Å². The van der Waals surface area contributed by atoms with Gasteiger partial charge in [0, 0.05) is 28.2 Å². The number of non-ortho nitro benzene ring substituents is 1. The second kappa shape index (κ2) is 7.05. The third-order valence-corrected chi connectivity index (χ3v) is 4.44. The molecule has 27 heavy (non-hydrogen) atoms. The molecule has 5 nitrogen and oxygen atoms in total. The van der Waals surface area contributed by atoms with Crippen LogP contribution in [0.1, 0.15) is 0 Å². The highest BCUT2D eigenvalue weighted by molar-refractivity contribution is 6.31. The SMILES string of the molecule is O=[N+]([O-])c1ccc(Nc2cc(-c3ccccc3)c3ccc(Cl)cc3n2)cc1. The Kier molecular flexibility index (Phi) is 4.44. The normalized spacial score (nSPS) is 10.7. The Labute approximate surface area is 160 Å². The molecular formula is C21H14ClN3O2. The molecule has 0 aliphatic heterocycles. The maximum absolute atomic E-state index is 10.8. The topological polar surface area (TPSA) is 68.1 Å². The van der Waals surface area contributed by atoms with Crippen LogP contribution in [0.5, 0.6) is 0 Å². The molecule has 4 rings (SSSR count). The molecule has 3 aromatic carbocycles. The summed E-state index contributed by atoms with van der Waals surface area (Å²) in [5.41, 5.74) is 3.63. The Morgan fingerprint density at radius 1 is 0.926 bits per heavy atom. The first-order chi connectivity index (χ1) is 13.1. The van der Waals surface area contributed by atoms with Crippen LogP contribution in [-0.2, 0) is 0 Å². The van der Waals surface area contributed by atoms with Crippen LogP contribution in [-0.4, -0.2) is 9.91 Å². The molecular weight excluding hydrogens is 362 g/mol. The van der Waals surface area contributed by atoms with Crippen molar-refractivity contribution < 1.29 is 4.92 Å². The molecule has 0 saturated carbocycles. The van der Waals surface area contributed by atoms with Crippen LogP contribution in [0.3, 0.4) is 0 Å². The predicted molar refractivity (Wildman–Crippen MR) is 109 cm³/mol. The van der Waals surface area contributed by atoms with Gasteiger partial charge >= 0.3 is 0 Å². The van der Waals surface area contributed by atoms with Crippen LogP contribution in [0.4, 0.5) is 17.2 Å². The first-order valence-corrected chi connectivity index (χ1v) is 8.65. The van der Waals surface area contributed by atoms with Gasteiger partial charge in [0.2, 0.25) is 0 Å². The number of hydrogen-bond acceptors (Lipinski definition) is 4. The standard InChI is InChI=1S/C21H14ClN3O2/c22-15-6-11-18-19(14-4-2-1-3-5-14)13-21(24-20(18)12-15)23-16-7-9-17(10-8-16)25(26)27/h1-13H,(H,23,24). The lowest BCUT2D eigenvalue weighted by Crippen LogP contribution is -1.96. The summed E-state index contributed by atoms with van der Waals surface area (Å²) in [7, 11) is 0. The summed E-state index contributed by atoms with van der Waals surface area (Å²) < 4.78 is 0. The van der Waals surface area contributed by atoms with Crippen molar-refractivity contribution in [1.82, 2.24) is 4.98 Å². The maximum atomic E-state index is 10.8. The van der Waals surface area contributed by atoms with Gasteiger partial charge in [-0.05, 0) is 41.5 Å². The molecule has 0 spiro atoms. The number of hydrogen-bond donors (Lipinski definition) is 1. The summed E-state index contributed by atoms with van der Waals surface area (Å²) in [6.45, 7) is 0. The molecule has 0 unspecified atom stereocenters. The van der Waals surface area contributed by atoms with E-state index in [0.717, 1.165) is 22.0 Å². The third kappa shape index (κ3) is 3.59. The molecule has 0 radical (unpaired) electrons. The van der Waals surface area contributed by atoms with Crippen molar-refractivity contribution in [2.75, 3.05) is 5.32 Å². The summed E-state index contributed by atoms with van der Waals surface area (Å²) in [6.07, 6.45) is 0. The summed E-state index contributed by atoms with van der Waals surface area (Å²) >= 11 is 6.15. The molecule has 4 aromatic rings. The third-order valence-electron chi connectivity index (χ3n) is 4.21. The molecule has 0 fully saturated rings. The highest BCUT2D eigenvalue weighted by Gasteiger charge is 2.10. The van der Waals surface area contributed by atoms with Gasteiger partial charge in [0.15, 0.2) is 0 Å². The molecule has 0 amide bonds. The maximum Gasteiger partial charge on any atom is 0.269 e. The first kappa shape index (κ1) is 17.0. The van der Waals surface area contributed by atoms with E-state index >= 15 is 0 Å². The highest BCUT2D eigenvalue weighted by atomic mass is 35.5. The monoisotopic (exact) mass is 375 g/mol. The van der Waals surface area contributed by atoms with E-state index in [4.69, 9.17) is 11.6 Å². The average Bonchev–Trinajstić information content (AvgIpc) is 2.68. The Balaban J connectivity index is 1.80. The molecule has 6 heteroatoms. The highest BCUT2D eigenvalue weighted by Crippen LogP contribution is 2.32. The summed E-state index contributed by atoms with van der Waals surface area (Å²) in [4.78, 5) is 15.0. The number of halogens is 1. The molecule has 0 bridgehead atoms. The van der Waals surface area contributed by atoms with E-state index in [1.807, 2.05) is 54.6 Å². The Morgan fingerprint density at radius 3 is 2.37 bits per heavy atom. The minimum atomic E-state index is -0.423. The van der Waals surface area contributed by atoms with E-state index in [-0.39, 0.29) is 5.69 Å². The van der Waals surface area contributed by atoms with Gasteiger partial charge in [-0.2, -0.15) is 0 Å². The van der Waals surface area contributed by atoms with E-state index in [2.05, 4.69) is 10.3 Å². The molecule has 1 heterocycles. The van der Waals surface area contributed by atoms with Crippen molar-refractivity contribution in [3.8, 4) is 11.1 Å². The van der Waals surface area contributed by atoms with Crippen molar-refractivity contribution in [2.24, 2.45) is 0 Å². The number of nitrogens with zero attached hydrogens (tertiary/aromatic N) is 2. The molecule has 0 saturated heterocycles. The summed E-state index contributed by atoms with van der Waals surface area (Å²) in [5.74, 6) is 0.637. The van der Waals surface area contributed by atoms with E-state index < -0.39 is 4.92 Å². The fraction of sp³-hybridized carbons (Fsp3) is 0. The number of benzene rings is 3. The first-order valence-electron chi connectivity index (χ1n) is 8.27. The number of nitrogens with one attached hydrogen (secondary N) is 1. The van der Waals surface area contributed by atoms with Gasteiger partial charge in [-0.1, -0.05) is 48.0 Å². The summed E-state index contributed by atoms with van der Waals surface area (Å²) in [6, 6.07) is 23.9. The number of anilines is 2. The largest absolute Gasteiger partial charge is 0.340 e. The van der Waals surface area contributed by atoms with Gasteiger partial charge in [0.25, 0.3) is 5.69 Å². The molecule has 132 valence electrons. The molecule has 1 N–H and O–H groups in total. The Bertz CT molecular complexity index is 1130. The minimum absolute atomic E-state index is 0.0452. The van der Waals surface area contributed by atoms with E-state index in [1.165, 1.54) is 12.1 Å². The second-order valence-electron chi connectivity index (χ2n) is 6.01. The molecule has 0 aliphatic rings. The number of nitro benzene ring substituents is 1. The lowest BCUT2D eigenvalue weighted by Gasteiger charge is -2.12. The number of nitro groups is 1. The van der Waals surface area contributed by atoms with E-state index in [1.54, 1.807) is 12.1 Å². The van der Waals surface area contributed by atoms with Crippen LogP contribution < -0.4 is 5.32 Å². The lowest BCUT2D eigenvalue weighted by molar-refractivity contribution is -0.384. The average molecular weight is 376 g/mol. The van der Waals surface area contributed by atoms with Gasteiger partial charge in [0.05, 0.1) is 10.4 Å². The van der Waals surface area contributed by atoms with Gasteiger partial charge in [-0.25, -0.2) is 4.98 Å². The lowest BCUT2D eigenvalue weighted by atomic mass is 10.0. The zero-order valence-corrected chi connectivity index (χ0v) is 14.9. The quantitative estimate of drug-likeness (QED) is 0.340. The molecule has 0 atom stereocenters. The number of rotatable bonds is 4. The number of pyridine rings is 1. The number of aromatic nitrogens is 1. The molecule has 0 aliphatic carbocycles. The fourth-order valence-corrected chi connectivity index (χ4v) is 3.10. The second-order valence-corrected chi connectivity index (χ2v) is 6.45. The number of fused-ring (bicyclic) bond motifs is 1. The van der Waals surface area contributed by atoms with Crippen molar-refractivity contribution >= 4 is 39.7 Å². The summed E-state index contributed by atoms with van der Waals surface area (Å²) in [5, 5.41) is 15.6.